The first-order valence-electron chi connectivity index (χ1n) is 7.17. The lowest BCUT2D eigenvalue weighted by atomic mass is 10.1. The number of hydrogen-bond donors (Lipinski definition) is 1. The molecule has 0 saturated heterocycles. The molecule has 2 aromatic rings. The molecule has 1 heterocycles. The van der Waals surface area contributed by atoms with Crippen LogP contribution in [0.4, 0.5) is 5.69 Å². The van der Waals surface area contributed by atoms with Crippen molar-refractivity contribution in [3.05, 3.63) is 64.6 Å². The van der Waals surface area contributed by atoms with Crippen LogP contribution >= 0.6 is 15.9 Å². The number of hydrogen-bond acceptors (Lipinski definition) is 5. The first kappa shape index (κ1) is 16.2. The van der Waals surface area contributed by atoms with Gasteiger partial charge in [-0.2, -0.15) is 0 Å². The van der Waals surface area contributed by atoms with Crippen LogP contribution in [0.15, 0.2) is 64.1 Å². The topological polar surface area (TPSA) is 71.0 Å². The summed E-state index contributed by atoms with van der Waals surface area (Å²) < 4.78 is 5.62. The van der Waals surface area contributed by atoms with Crippen LogP contribution in [-0.4, -0.2) is 24.8 Å². The third-order valence-electron chi connectivity index (χ3n) is 3.51. The van der Waals surface area contributed by atoms with Crippen molar-refractivity contribution in [3.8, 4) is 0 Å². The quantitative estimate of drug-likeness (QED) is 0.821. The van der Waals surface area contributed by atoms with Crippen LogP contribution in [0.1, 0.15) is 11.6 Å². The maximum atomic E-state index is 12.9. The molecule has 0 aromatic heterocycles. The Morgan fingerprint density at radius 1 is 1.17 bits per heavy atom. The van der Waals surface area contributed by atoms with E-state index in [1.165, 1.54) is 12.1 Å². The molecule has 0 saturated carbocycles. The zero-order valence-electron chi connectivity index (χ0n) is 12.8. The SMILES string of the molecule is COC(=O)C1=NC(c2ccccc2)C(=O)N(c2ccc(Br)cc2)N1. The number of carbonyl (C=O) groups is 2. The van der Waals surface area contributed by atoms with Crippen molar-refractivity contribution in [3.63, 3.8) is 0 Å². The smallest absolute Gasteiger partial charge is 0.375 e. The van der Waals surface area contributed by atoms with Gasteiger partial charge in [0.2, 0.25) is 5.84 Å². The summed E-state index contributed by atoms with van der Waals surface area (Å²) in [5.74, 6) is -0.935. The second kappa shape index (κ2) is 6.84. The number of halogens is 1. The number of rotatable bonds is 3. The number of anilines is 1. The highest BCUT2D eigenvalue weighted by Gasteiger charge is 2.34. The Kier molecular flexibility index (Phi) is 4.61. The Morgan fingerprint density at radius 3 is 2.46 bits per heavy atom. The van der Waals surface area contributed by atoms with Gasteiger partial charge in [-0.05, 0) is 29.8 Å². The lowest BCUT2D eigenvalue weighted by Gasteiger charge is -2.31. The Morgan fingerprint density at radius 2 is 1.83 bits per heavy atom. The number of nitrogens with zero attached hydrogens (tertiary/aromatic N) is 2. The fourth-order valence-electron chi connectivity index (χ4n) is 2.33. The Hall–Kier alpha value is -2.67. The van der Waals surface area contributed by atoms with Gasteiger partial charge in [-0.15, -0.1) is 0 Å². The van der Waals surface area contributed by atoms with Crippen LogP contribution < -0.4 is 10.4 Å². The molecule has 122 valence electrons. The van der Waals surface area contributed by atoms with Crippen LogP contribution in [0.2, 0.25) is 0 Å². The molecular formula is C17H14BrN3O3. The molecule has 24 heavy (non-hydrogen) atoms. The van der Waals surface area contributed by atoms with Gasteiger partial charge >= 0.3 is 5.97 Å². The number of amides is 1. The average molecular weight is 388 g/mol. The summed E-state index contributed by atoms with van der Waals surface area (Å²) in [4.78, 5) is 29.0. The van der Waals surface area contributed by atoms with Gasteiger partial charge in [0.1, 0.15) is 0 Å². The summed E-state index contributed by atoms with van der Waals surface area (Å²) in [5.41, 5.74) is 4.03. The molecular weight excluding hydrogens is 374 g/mol. The minimum Gasteiger partial charge on any atom is -0.463 e. The van der Waals surface area contributed by atoms with Crippen LogP contribution in [-0.2, 0) is 14.3 Å². The number of ether oxygens (including phenoxy) is 1. The average Bonchev–Trinajstić information content (AvgIpc) is 2.63. The van der Waals surface area contributed by atoms with Crippen molar-refractivity contribution >= 4 is 39.3 Å². The number of methoxy groups -OCH3 is 1. The van der Waals surface area contributed by atoms with Crippen LogP contribution in [0.25, 0.3) is 0 Å². The number of benzene rings is 2. The molecule has 3 rings (SSSR count). The molecule has 0 aliphatic carbocycles. The highest BCUT2D eigenvalue weighted by atomic mass is 79.9. The Balaban J connectivity index is 2.03. The van der Waals surface area contributed by atoms with E-state index in [2.05, 4.69) is 26.3 Å². The lowest BCUT2D eigenvalue weighted by molar-refractivity contribution is -0.133. The van der Waals surface area contributed by atoms with Crippen LogP contribution in [0.3, 0.4) is 0 Å². The zero-order chi connectivity index (χ0) is 17.1. The molecule has 1 N–H and O–H groups in total. The minimum absolute atomic E-state index is 0.0196. The molecule has 1 atom stereocenters. The summed E-state index contributed by atoms with van der Waals surface area (Å²) in [5, 5.41) is 1.31. The number of nitrogens with one attached hydrogen (secondary N) is 1. The van der Waals surface area contributed by atoms with Crippen molar-refractivity contribution in [2.75, 3.05) is 12.1 Å². The van der Waals surface area contributed by atoms with E-state index in [4.69, 9.17) is 4.74 Å². The van der Waals surface area contributed by atoms with Gasteiger partial charge < -0.3 is 4.74 Å². The summed E-state index contributed by atoms with van der Waals surface area (Å²) in [7, 11) is 1.27. The van der Waals surface area contributed by atoms with Gasteiger partial charge in [-0.25, -0.2) is 14.8 Å². The van der Waals surface area contributed by atoms with Crippen LogP contribution in [0, 0.1) is 0 Å². The van der Waals surface area contributed by atoms with E-state index in [0.717, 1.165) is 4.47 Å². The van der Waals surface area contributed by atoms with Gasteiger partial charge in [0.05, 0.1) is 12.8 Å². The van der Waals surface area contributed by atoms with Crippen molar-refractivity contribution in [2.24, 2.45) is 4.99 Å². The molecule has 1 aliphatic heterocycles. The van der Waals surface area contributed by atoms with E-state index in [1.54, 1.807) is 24.3 Å². The molecule has 6 nitrogen and oxygen atoms in total. The number of carbonyl (C=O) groups excluding carboxylic acids is 2. The monoisotopic (exact) mass is 387 g/mol. The van der Waals surface area contributed by atoms with Gasteiger partial charge in [0.15, 0.2) is 6.04 Å². The molecule has 1 unspecified atom stereocenters. The predicted octanol–water partition coefficient (Wildman–Crippen LogP) is 2.61. The van der Waals surface area contributed by atoms with Gasteiger partial charge in [0, 0.05) is 4.47 Å². The van der Waals surface area contributed by atoms with Crippen LogP contribution in [0.5, 0.6) is 0 Å². The van der Waals surface area contributed by atoms with Crippen molar-refractivity contribution < 1.29 is 14.3 Å². The fraction of sp³-hybridized carbons (Fsp3) is 0.118. The molecule has 7 heteroatoms. The van der Waals surface area contributed by atoms with E-state index in [1.807, 2.05) is 30.3 Å². The second-order valence-corrected chi connectivity index (χ2v) is 5.96. The van der Waals surface area contributed by atoms with E-state index in [0.29, 0.717) is 11.3 Å². The van der Waals surface area contributed by atoms with Crippen molar-refractivity contribution in [1.82, 2.24) is 5.43 Å². The van der Waals surface area contributed by atoms with Gasteiger partial charge in [-0.3, -0.25) is 10.2 Å². The zero-order valence-corrected chi connectivity index (χ0v) is 14.4. The largest absolute Gasteiger partial charge is 0.463 e. The summed E-state index contributed by atoms with van der Waals surface area (Å²) in [6.45, 7) is 0. The van der Waals surface area contributed by atoms with Gasteiger partial charge in [-0.1, -0.05) is 46.3 Å². The highest BCUT2D eigenvalue weighted by Crippen LogP contribution is 2.27. The Bertz CT molecular complexity index is 790. The summed E-state index contributed by atoms with van der Waals surface area (Å²) in [6, 6.07) is 15.4. The maximum absolute atomic E-state index is 12.9. The molecule has 0 spiro atoms. The molecule has 2 aromatic carbocycles. The molecule has 0 radical (unpaired) electrons. The minimum atomic E-state index is -0.815. The summed E-state index contributed by atoms with van der Waals surface area (Å²) in [6.07, 6.45) is 0. The predicted molar refractivity (Wildman–Crippen MR) is 93.4 cm³/mol. The number of aliphatic imine (C=N–C) groups is 1. The van der Waals surface area contributed by atoms with E-state index in [9.17, 15) is 9.59 Å². The third kappa shape index (κ3) is 3.16. The molecule has 0 bridgehead atoms. The number of hydrazine groups is 1. The summed E-state index contributed by atoms with van der Waals surface area (Å²) >= 11 is 3.36. The fourth-order valence-corrected chi connectivity index (χ4v) is 2.59. The highest BCUT2D eigenvalue weighted by molar-refractivity contribution is 9.10. The number of amidine groups is 1. The van der Waals surface area contributed by atoms with Gasteiger partial charge in [0.25, 0.3) is 5.91 Å². The molecule has 0 fully saturated rings. The standard InChI is InChI=1S/C17H14BrN3O3/c1-24-17(23)15-19-14(11-5-3-2-4-6-11)16(22)21(20-15)13-9-7-12(18)8-10-13/h2-10,14H,1H3,(H,19,20). The first-order valence-corrected chi connectivity index (χ1v) is 7.96. The third-order valence-corrected chi connectivity index (χ3v) is 4.04. The first-order chi connectivity index (χ1) is 11.6. The van der Waals surface area contributed by atoms with Crippen molar-refractivity contribution in [2.45, 2.75) is 6.04 Å². The van der Waals surface area contributed by atoms with E-state index >= 15 is 0 Å². The van der Waals surface area contributed by atoms with Crippen molar-refractivity contribution in [1.29, 1.82) is 0 Å². The Labute approximate surface area is 147 Å². The second-order valence-electron chi connectivity index (χ2n) is 5.04. The van der Waals surface area contributed by atoms with E-state index in [-0.39, 0.29) is 11.7 Å². The molecule has 1 amide bonds. The van der Waals surface area contributed by atoms with E-state index < -0.39 is 12.0 Å². The lowest BCUT2D eigenvalue weighted by Crippen LogP contribution is -2.54. The normalized spacial score (nSPS) is 17.1. The maximum Gasteiger partial charge on any atom is 0.375 e. The number of esters is 1. The molecule has 1 aliphatic rings.